The molecule has 0 aromatic heterocycles. The van der Waals surface area contributed by atoms with Gasteiger partial charge < -0.3 is 47.4 Å². The normalized spacial score (nSPS) is 10.3. The molecule has 0 spiro atoms. The van der Waals surface area contributed by atoms with E-state index in [0.717, 1.165) is 109 Å². The van der Waals surface area contributed by atoms with Crippen LogP contribution in [-0.2, 0) is 56.7 Å². The van der Waals surface area contributed by atoms with E-state index < -0.39 is 36.3 Å². The van der Waals surface area contributed by atoms with Crippen LogP contribution in [0.3, 0.4) is 0 Å². The Morgan fingerprint density at radius 2 is 0.583 bits per heavy atom. The van der Waals surface area contributed by atoms with Crippen molar-refractivity contribution in [3.8, 4) is 28.7 Å². The van der Waals surface area contributed by atoms with E-state index >= 15 is 0 Å². The highest BCUT2D eigenvalue weighted by Crippen LogP contribution is 2.33. The van der Waals surface area contributed by atoms with Crippen LogP contribution in [0.4, 0.5) is 56.8 Å². The molecule has 24 heteroatoms. The molecule has 20 nitrogen and oxygen atoms in total. The van der Waals surface area contributed by atoms with E-state index in [1.165, 1.54) is 28.3 Å². The summed E-state index contributed by atoms with van der Waals surface area (Å²) >= 11 is 11.8. The lowest BCUT2D eigenvalue weighted by Gasteiger charge is -2.15. The molecule has 115 heavy (non-hydrogen) atoms. The van der Waals surface area contributed by atoms with E-state index in [1.807, 2.05) is 196 Å². The molecule has 0 atom stereocenters. The van der Waals surface area contributed by atoms with Crippen LogP contribution in [0.2, 0.25) is 5.02 Å². The number of carbonyl (C=O) groups excluding carboxylic acids is 5. The number of para-hydroxylation sites is 5. The Morgan fingerprint density at radius 3 is 0.930 bits per heavy atom. The van der Waals surface area contributed by atoms with Crippen molar-refractivity contribution in [3.05, 3.63) is 290 Å². The van der Waals surface area contributed by atoms with E-state index in [4.69, 9.17) is 59.0 Å². The summed E-state index contributed by atoms with van der Waals surface area (Å²) in [7, 11) is 0. The zero-order chi connectivity index (χ0) is 84.1. The lowest BCUT2D eigenvalue weighted by atomic mass is 10.1. The first kappa shape index (κ1) is 92.8. The smallest absolute Gasteiger partial charge is 0.411 e. The topological polar surface area (TPSA) is 238 Å². The Balaban J connectivity index is 0.000000224. The standard InChI is InChI=1S/C19H23NO3.C18H20BrNO3.C18H20ClNO3.C18H20FNO3.C18H20INO3/c1-5-22-19(21)20-18-14(3)7-6-8-16(18)12-23-17-10-9-13(2)11-15(17)4;4*1-4-22-18(21)20-17-14(6-5-7-15(17)19)11-23-16-9-8-12(2)10-13(16)3/h6-11H,5,12H2,1-4H3,(H,20,21);4*5-10H,4,11H2,1-3H3,(H,20,21). The highest BCUT2D eigenvalue weighted by molar-refractivity contribution is 14.1. The van der Waals surface area contributed by atoms with Crippen LogP contribution in [0.15, 0.2) is 186 Å². The van der Waals surface area contributed by atoms with Gasteiger partial charge in [0.15, 0.2) is 0 Å². The first-order chi connectivity index (χ1) is 55.0. The molecule has 0 saturated carbocycles. The molecule has 10 aromatic carbocycles. The molecule has 0 bridgehead atoms. The van der Waals surface area contributed by atoms with Gasteiger partial charge in [-0.15, -0.1) is 0 Å². The number of anilines is 5. The van der Waals surface area contributed by atoms with Gasteiger partial charge in [0.2, 0.25) is 0 Å². The molecule has 10 aromatic rings. The zero-order valence-corrected chi connectivity index (χ0v) is 72.5. The molecule has 5 amide bonds. The Hall–Kier alpha value is -11.0. The second-order valence-corrected chi connectivity index (χ2v) is 28.6. The molecular formula is C91H103BrClFIN5O15. The van der Waals surface area contributed by atoms with Crippen molar-refractivity contribution >= 4 is 109 Å². The van der Waals surface area contributed by atoms with Gasteiger partial charge in [-0.2, -0.15) is 0 Å². The van der Waals surface area contributed by atoms with Gasteiger partial charge >= 0.3 is 30.5 Å². The first-order valence-electron chi connectivity index (χ1n) is 37.4. The van der Waals surface area contributed by atoms with Crippen molar-refractivity contribution in [3.63, 3.8) is 0 Å². The molecule has 0 saturated heterocycles. The van der Waals surface area contributed by atoms with Crippen molar-refractivity contribution in [1.29, 1.82) is 0 Å². The minimum Gasteiger partial charge on any atom is -0.489 e. The molecule has 0 fully saturated rings. The van der Waals surface area contributed by atoms with Crippen molar-refractivity contribution in [2.75, 3.05) is 59.6 Å². The van der Waals surface area contributed by atoms with Crippen LogP contribution in [0.25, 0.3) is 0 Å². The van der Waals surface area contributed by atoms with Gasteiger partial charge in [-0.3, -0.25) is 26.6 Å². The van der Waals surface area contributed by atoms with Crippen molar-refractivity contribution in [2.45, 2.75) is 144 Å². The fourth-order valence-corrected chi connectivity index (χ4v) is 12.7. The number of hydrogen-bond acceptors (Lipinski definition) is 15. The fourth-order valence-electron chi connectivity index (χ4n) is 11.3. The van der Waals surface area contributed by atoms with Gasteiger partial charge in [0, 0.05) is 35.9 Å². The molecule has 0 radical (unpaired) electrons. The number of rotatable bonds is 25. The molecule has 0 aliphatic heterocycles. The van der Waals surface area contributed by atoms with Gasteiger partial charge in [0.05, 0.1) is 66.5 Å². The van der Waals surface area contributed by atoms with Crippen LogP contribution in [0.1, 0.15) is 124 Å². The Morgan fingerprint density at radius 1 is 0.322 bits per heavy atom. The molecule has 5 N–H and O–H groups in total. The van der Waals surface area contributed by atoms with Crippen LogP contribution in [-0.4, -0.2) is 63.5 Å². The number of carbonyl (C=O) groups is 5. The van der Waals surface area contributed by atoms with E-state index in [9.17, 15) is 28.4 Å². The van der Waals surface area contributed by atoms with Crippen LogP contribution in [0.5, 0.6) is 28.7 Å². The maximum atomic E-state index is 14.0. The molecule has 610 valence electrons. The largest absolute Gasteiger partial charge is 0.489 e. The van der Waals surface area contributed by atoms with Gasteiger partial charge in [0.25, 0.3) is 0 Å². The molecule has 0 aliphatic rings. The highest BCUT2D eigenvalue weighted by atomic mass is 127. The Labute approximate surface area is 702 Å². The van der Waals surface area contributed by atoms with Gasteiger partial charge in [-0.1, -0.05) is 167 Å². The highest BCUT2D eigenvalue weighted by Gasteiger charge is 2.19. The quantitative estimate of drug-likeness (QED) is 0.0264. The average molecular weight is 1770 g/mol. The summed E-state index contributed by atoms with van der Waals surface area (Å²) in [6, 6.07) is 57.3. The fraction of sp³-hybridized carbons (Fsp3) is 0.286. The maximum absolute atomic E-state index is 14.0. The summed E-state index contributed by atoms with van der Waals surface area (Å²) in [5.74, 6) is 3.52. The average Bonchev–Trinajstić information content (AvgIpc) is 0.853. The number of hydrogen-bond donors (Lipinski definition) is 5. The summed E-state index contributed by atoms with van der Waals surface area (Å²) in [5, 5.41) is 13.9. The Bertz CT molecular complexity index is 4210. The second-order valence-electron chi connectivity index (χ2n) is 26.2. The summed E-state index contributed by atoms with van der Waals surface area (Å²) in [6.07, 6.45) is -2.61. The van der Waals surface area contributed by atoms with Crippen molar-refractivity contribution in [2.24, 2.45) is 0 Å². The predicted molar refractivity (Wildman–Crippen MR) is 467 cm³/mol. The van der Waals surface area contributed by atoms with E-state index in [-0.39, 0.29) is 18.9 Å². The molecule has 0 aliphatic carbocycles. The number of ether oxygens (including phenoxy) is 10. The number of nitrogens with one attached hydrogen (secondary N) is 5. The number of halogens is 4. The summed E-state index contributed by atoms with van der Waals surface area (Å²) in [4.78, 5) is 58.3. The minimum absolute atomic E-state index is 0.0794. The second kappa shape index (κ2) is 48.3. The first-order valence-corrected chi connectivity index (χ1v) is 39.7. The molecular weight excluding hydrogens is 1660 g/mol. The van der Waals surface area contributed by atoms with Crippen molar-refractivity contribution in [1.82, 2.24) is 0 Å². The van der Waals surface area contributed by atoms with Crippen molar-refractivity contribution < 1.29 is 75.7 Å². The van der Waals surface area contributed by atoms with Crippen LogP contribution in [0, 0.1) is 85.5 Å². The zero-order valence-electron chi connectivity index (χ0n) is 68.0. The van der Waals surface area contributed by atoms with Gasteiger partial charge in [0.1, 0.15) is 67.6 Å². The molecule has 0 heterocycles. The van der Waals surface area contributed by atoms with Gasteiger partial charge in [-0.05, 0) is 237 Å². The third-order valence-corrected chi connectivity index (χ3v) is 18.7. The van der Waals surface area contributed by atoms with Crippen LogP contribution < -0.4 is 50.3 Å². The number of benzene rings is 10. The lowest BCUT2D eigenvalue weighted by Crippen LogP contribution is -2.16. The van der Waals surface area contributed by atoms with E-state index in [0.29, 0.717) is 74.8 Å². The van der Waals surface area contributed by atoms with Gasteiger partial charge in [-0.25, -0.2) is 28.4 Å². The lowest BCUT2D eigenvalue weighted by molar-refractivity contribution is 0.166. The van der Waals surface area contributed by atoms with E-state index in [1.54, 1.807) is 52.8 Å². The van der Waals surface area contributed by atoms with E-state index in [2.05, 4.69) is 103 Å². The molecule has 10 rings (SSSR count). The monoisotopic (exact) mass is 1770 g/mol. The number of amides is 5. The number of aryl methyl sites for hydroxylation is 11. The molecule has 0 unspecified atom stereocenters. The summed E-state index contributed by atoms with van der Waals surface area (Å²) < 4.78 is 69.6. The predicted octanol–water partition coefficient (Wildman–Crippen LogP) is 24.7. The third kappa shape index (κ3) is 31.0. The third-order valence-electron chi connectivity index (χ3n) is 16.8. The SMILES string of the molecule is CCOC(=O)Nc1c(Br)cccc1COc1ccc(C)cc1C.CCOC(=O)Nc1c(C)cccc1COc1ccc(C)cc1C.CCOC(=O)Nc1c(Cl)cccc1COc1ccc(C)cc1C.CCOC(=O)Nc1c(F)cccc1COc1ccc(C)cc1C.CCOC(=O)Nc1c(I)cccc1COc1ccc(C)cc1C. The summed E-state index contributed by atoms with van der Waals surface area (Å²) in [5.41, 5.74) is 19.0. The van der Waals surface area contributed by atoms with Crippen LogP contribution >= 0.6 is 50.1 Å². The summed E-state index contributed by atoms with van der Waals surface area (Å²) in [6.45, 7) is 34.0. The Kier molecular flexibility index (Phi) is 39.0. The minimum atomic E-state index is -0.689. The maximum Gasteiger partial charge on any atom is 0.411 e.